The molecule has 112 valence electrons. The Bertz CT molecular complexity index is 533. The third kappa shape index (κ3) is 4.40. The highest BCUT2D eigenvalue weighted by molar-refractivity contribution is 7.99. The van der Waals surface area contributed by atoms with Crippen LogP contribution in [-0.4, -0.2) is 24.3 Å². The molecule has 0 bridgehead atoms. The van der Waals surface area contributed by atoms with Crippen molar-refractivity contribution in [2.45, 2.75) is 37.0 Å². The van der Waals surface area contributed by atoms with Gasteiger partial charge in [-0.25, -0.2) is 0 Å². The van der Waals surface area contributed by atoms with E-state index in [1.54, 1.807) is 18.9 Å². The fraction of sp³-hybridized carbons (Fsp3) is 0.500. The zero-order valence-corrected chi connectivity index (χ0v) is 13.0. The molecule has 1 fully saturated rings. The van der Waals surface area contributed by atoms with Gasteiger partial charge in [0.2, 0.25) is 5.91 Å². The summed E-state index contributed by atoms with van der Waals surface area (Å²) in [6.07, 6.45) is 3.58. The first-order valence-corrected chi connectivity index (χ1v) is 8.26. The highest BCUT2D eigenvalue weighted by Crippen LogP contribution is 2.29. The first-order chi connectivity index (χ1) is 10.2. The van der Waals surface area contributed by atoms with Crippen LogP contribution in [-0.2, 0) is 10.5 Å². The summed E-state index contributed by atoms with van der Waals surface area (Å²) in [5, 5.41) is 12.1. The largest absolute Gasteiger partial charge is 0.497 e. The van der Waals surface area contributed by atoms with Crippen molar-refractivity contribution >= 4 is 17.7 Å². The van der Waals surface area contributed by atoms with Crippen LogP contribution in [0.4, 0.5) is 0 Å². The number of nitrogens with one attached hydrogen (secondary N) is 1. The molecule has 0 heterocycles. The van der Waals surface area contributed by atoms with E-state index in [2.05, 4.69) is 11.4 Å². The summed E-state index contributed by atoms with van der Waals surface area (Å²) in [5.74, 6) is 1.91. The molecule has 1 aliphatic rings. The van der Waals surface area contributed by atoms with Crippen LogP contribution in [0.2, 0.25) is 0 Å². The lowest BCUT2D eigenvalue weighted by Crippen LogP contribution is -2.45. The Morgan fingerprint density at radius 3 is 2.90 bits per heavy atom. The van der Waals surface area contributed by atoms with Crippen molar-refractivity contribution in [3.8, 4) is 11.8 Å². The lowest BCUT2D eigenvalue weighted by molar-refractivity contribution is -0.119. The smallest absolute Gasteiger partial charge is 0.231 e. The van der Waals surface area contributed by atoms with Crippen molar-refractivity contribution in [1.82, 2.24) is 5.32 Å². The molecule has 0 spiro atoms. The Balaban J connectivity index is 1.78. The monoisotopic (exact) mass is 304 g/mol. The predicted octanol–water partition coefficient (Wildman–Crippen LogP) is 2.88. The zero-order chi connectivity index (χ0) is 15.1. The van der Waals surface area contributed by atoms with Crippen LogP contribution < -0.4 is 10.1 Å². The van der Waals surface area contributed by atoms with Crippen LogP contribution in [0.25, 0.3) is 0 Å². The molecule has 1 amide bonds. The molecule has 1 saturated carbocycles. The first kappa shape index (κ1) is 15.7. The number of nitrogens with zero attached hydrogens (tertiary/aromatic N) is 1. The molecule has 2 rings (SSSR count). The van der Waals surface area contributed by atoms with Gasteiger partial charge in [-0.05, 0) is 43.4 Å². The van der Waals surface area contributed by atoms with E-state index in [1.807, 2.05) is 24.3 Å². The third-order valence-electron chi connectivity index (χ3n) is 3.69. The Morgan fingerprint density at radius 1 is 1.48 bits per heavy atom. The van der Waals surface area contributed by atoms with Gasteiger partial charge in [-0.3, -0.25) is 4.79 Å². The molecule has 0 atom stereocenters. The van der Waals surface area contributed by atoms with Crippen LogP contribution in [0, 0.1) is 11.3 Å². The van der Waals surface area contributed by atoms with Gasteiger partial charge in [0.15, 0.2) is 0 Å². The lowest BCUT2D eigenvalue weighted by atomic mass is 10.0. The van der Waals surface area contributed by atoms with Crippen LogP contribution in [0.5, 0.6) is 5.75 Å². The van der Waals surface area contributed by atoms with E-state index in [-0.39, 0.29) is 5.91 Å². The molecule has 0 unspecified atom stereocenters. The molecule has 1 aromatic carbocycles. The second-order valence-electron chi connectivity index (χ2n) is 5.29. The molecule has 0 aliphatic heterocycles. The summed E-state index contributed by atoms with van der Waals surface area (Å²) < 4.78 is 5.17. The average molecular weight is 304 g/mol. The van der Waals surface area contributed by atoms with Crippen molar-refractivity contribution in [2.24, 2.45) is 0 Å². The van der Waals surface area contributed by atoms with E-state index in [0.29, 0.717) is 5.75 Å². The van der Waals surface area contributed by atoms with E-state index >= 15 is 0 Å². The van der Waals surface area contributed by atoms with Crippen LogP contribution in [0.3, 0.4) is 0 Å². The van der Waals surface area contributed by atoms with Gasteiger partial charge >= 0.3 is 0 Å². The number of nitriles is 1. The van der Waals surface area contributed by atoms with Crippen LogP contribution in [0.1, 0.15) is 31.2 Å². The minimum Gasteiger partial charge on any atom is -0.497 e. The van der Waals surface area contributed by atoms with Crippen molar-refractivity contribution in [3.63, 3.8) is 0 Å². The fourth-order valence-corrected chi connectivity index (χ4v) is 3.34. The maximum atomic E-state index is 12.0. The van der Waals surface area contributed by atoms with Crippen LogP contribution >= 0.6 is 11.8 Å². The summed E-state index contributed by atoms with van der Waals surface area (Å²) in [6.45, 7) is 0. The van der Waals surface area contributed by atoms with E-state index < -0.39 is 5.54 Å². The number of benzene rings is 1. The van der Waals surface area contributed by atoms with Gasteiger partial charge in [0.25, 0.3) is 0 Å². The second kappa shape index (κ2) is 7.37. The molecule has 1 N–H and O–H groups in total. The van der Waals surface area contributed by atoms with E-state index in [4.69, 9.17) is 4.74 Å². The Labute approximate surface area is 129 Å². The molecule has 1 aliphatic carbocycles. The van der Waals surface area contributed by atoms with E-state index in [9.17, 15) is 10.1 Å². The predicted molar refractivity (Wildman–Crippen MR) is 84.1 cm³/mol. The summed E-state index contributed by atoms with van der Waals surface area (Å²) in [6, 6.07) is 10.1. The number of ether oxygens (including phenoxy) is 1. The Kier molecular flexibility index (Phi) is 5.51. The highest BCUT2D eigenvalue weighted by atomic mass is 32.2. The maximum absolute atomic E-state index is 12.0. The summed E-state index contributed by atoms with van der Waals surface area (Å²) in [5.41, 5.74) is 0.510. The Hall–Kier alpha value is -1.67. The van der Waals surface area contributed by atoms with Crippen molar-refractivity contribution < 1.29 is 9.53 Å². The fourth-order valence-electron chi connectivity index (χ4n) is 2.57. The molecule has 5 heteroatoms. The number of methoxy groups -OCH3 is 1. The minimum absolute atomic E-state index is 0.0497. The van der Waals surface area contributed by atoms with Gasteiger partial charge in [-0.15, -0.1) is 11.8 Å². The van der Waals surface area contributed by atoms with Crippen molar-refractivity contribution in [2.75, 3.05) is 12.9 Å². The molecule has 1 aromatic rings. The van der Waals surface area contributed by atoms with Gasteiger partial charge < -0.3 is 10.1 Å². The lowest BCUT2D eigenvalue weighted by Gasteiger charge is -2.21. The number of hydrogen-bond acceptors (Lipinski definition) is 4. The normalized spacial score (nSPS) is 16.2. The number of carbonyl (C=O) groups excluding carboxylic acids is 1. The third-order valence-corrected chi connectivity index (χ3v) is 4.69. The number of hydrogen-bond donors (Lipinski definition) is 1. The number of carbonyl (C=O) groups is 1. The summed E-state index contributed by atoms with van der Waals surface area (Å²) in [4.78, 5) is 12.0. The maximum Gasteiger partial charge on any atom is 0.231 e. The molecular weight excluding hydrogens is 284 g/mol. The van der Waals surface area contributed by atoms with Crippen LogP contribution in [0.15, 0.2) is 24.3 Å². The average Bonchev–Trinajstić information content (AvgIpc) is 2.96. The van der Waals surface area contributed by atoms with Crippen molar-refractivity contribution in [3.05, 3.63) is 29.8 Å². The number of rotatable bonds is 6. The van der Waals surface area contributed by atoms with Gasteiger partial charge in [0.1, 0.15) is 11.3 Å². The van der Waals surface area contributed by atoms with E-state index in [1.165, 1.54) is 0 Å². The van der Waals surface area contributed by atoms with Gasteiger partial charge in [0.05, 0.1) is 18.9 Å². The molecule has 21 heavy (non-hydrogen) atoms. The van der Waals surface area contributed by atoms with Gasteiger partial charge in [0, 0.05) is 5.75 Å². The van der Waals surface area contributed by atoms with Gasteiger partial charge in [-0.1, -0.05) is 12.1 Å². The molecule has 0 aromatic heterocycles. The topological polar surface area (TPSA) is 62.1 Å². The number of thioether (sulfide) groups is 1. The summed E-state index contributed by atoms with van der Waals surface area (Å²) >= 11 is 1.55. The molecule has 0 saturated heterocycles. The second-order valence-corrected chi connectivity index (χ2v) is 6.28. The molecule has 0 radical (unpaired) electrons. The quantitative estimate of drug-likeness (QED) is 0.878. The molecular formula is C16H20N2O2S. The SMILES string of the molecule is COc1cccc(CSCC(=O)NC2(C#N)CCCC2)c1. The number of amides is 1. The minimum atomic E-state index is -0.617. The van der Waals surface area contributed by atoms with Gasteiger partial charge in [-0.2, -0.15) is 5.26 Å². The zero-order valence-electron chi connectivity index (χ0n) is 12.2. The standard InChI is InChI=1S/C16H20N2O2S/c1-20-14-6-4-5-13(9-14)10-21-11-15(19)18-16(12-17)7-2-3-8-16/h4-6,9H,2-3,7-8,10-11H2,1H3,(H,18,19). The highest BCUT2D eigenvalue weighted by Gasteiger charge is 2.35. The molecule has 4 nitrogen and oxygen atoms in total. The van der Waals surface area contributed by atoms with Crippen molar-refractivity contribution in [1.29, 1.82) is 5.26 Å². The van der Waals surface area contributed by atoms with E-state index in [0.717, 1.165) is 42.7 Å². The Morgan fingerprint density at radius 2 is 2.24 bits per heavy atom. The first-order valence-electron chi connectivity index (χ1n) is 7.10. The summed E-state index contributed by atoms with van der Waals surface area (Å²) in [7, 11) is 1.64.